The molecule has 2 aromatic rings. The number of aromatic carboxylic acids is 1. The van der Waals surface area contributed by atoms with Crippen LogP contribution < -0.4 is 5.32 Å². The molecular weight excluding hydrogens is 306 g/mol. The first kappa shape index (κ1) is 17.5. The Bertz CT molecular complexity index is 775. The van der Waals surface area contributed by atoms with Crippen molar-refractivity contribution in [3.05, 3.63) is 53.6 Å². The molecule has 5 heteroatoms. The van der Waals surface area contributed by atoms with Crippen molar-refractivity contribution >= 4 is 17.7 Å². The molecule has 126 valence electrons. The maximum atomic E-state index is 11.9. The van der Waals surface area contributed by atoms with E-state index in [9.17, 15) is 14.7 Å². The third-order valence-corrected chi connectivity index (χ3v) is 3.31. The van der Waals surface area contributed by atoms with Crippen molar-refractivity contribution in [1.29, 1.82) is 0 Å². The summed E-state index contributed by atoms with van der Waals surface area (Å²) >= 11 is 0. The van der Waals surface area contributed by atoms with Gasteiger partial charge < -0.3 is 9.84 Å². The van der Waals surface area contributed by atoms with Gasteiger partial charge in [0, 0.05) is 5.69 Å². The number of anilines is 1. The summed E-state index contributed by atoms with van der Waals surface area (Å²) in [5, 5.41) is 12.1. The molecule has 0 fully saturated rings. The van der Waals surface area contributed by atoms with Crippen LogP contribution in [0.5, 0.6) is 0 Å². The molecule has 0 radical (unpaired) electrons. The largest absolute Gasteiger partial charge is 0.478 e. The Hall–Kier alpha value is -2.82. The fraction of sp³-hybridized carbons (Fsp3) is 0.263. The molecule has 0 bridgehead atoms. The van der Waals surface area contributed by atoms with E-state index in [1.807, 2.05) is 12.1 Å². The molecule has 0 aliphatic rings. The van der Waals surface area contributed by atoms with Crippen LogP contribution in [0.4, 0.5) is 10.5 Å². The van der Waals surface area contributed by atoms with Crippen molar-refractivity contribution in [3.8, 4) is 11.1 Å². The van der Waals surface area contributed by atoms with Crippen molar-refractivity contribution in [2.24, 2.45) is 0 Å². The molecular formula is C19H21NO4. The first-order chi connectivity index (χ1) is 11.2. The van der Waals surface area contributed by atoms with Crippen LogP contribution in [-0.4, -0.2) is 22.8 Å². The Kier molecular flexibility index (Phi) is 4.93. The molecule has 0 heterocycles. The van der Waals surface area contributed by atoms with Gasteiger partial charge in [0.2, 0.25) is 0 Å². The number of hydrogen-bond acceptors (Lipinski definition) is 3. The van der Waals surface area contributed by atoms with E-state index in [0.717, 1.165) is 0 Å². The summed E-state index contributed by atoms with van der Waals surface area (Å²) in [6, 6.07) is 12.3. The second-order valence-electron chi connectivity index (χ2n) is 6.51. The third-order valence-electron chi connectivity index (χ3n) is 3.31. The summed E-state index contributed by atoms with van der Waals surface area (Å²) in [5.41, 5.74) is 2.21. The predicted molar refractivity (Wildman–Crippen MR) is 93.4 cm³/mol. The first-order valence-corrected chi connectivity index (χ1v) is 7.61. The summed E-state index contributed by atoms with van der Waals surface area (Å²) in [6.45, 7) is 7.12. The molecule has 2 aromatic carbocycles. The number of benzene rings is 2. The molecule has 0 saturated heterocycles. The molecule has 2 N–H and O–H groups in total. The first-order valence-electron chi connectivity index (χ1n) is 7.61. The fourth-order valence-electron chi connectivity index (χ4n) is 2.38. The van der Waals surface area contributed by atoms with Gasteiger partial charge in [-0.1, -0.05) is 30.3 Å². The maximum Gasteiger partial charge on any atom is 0.412 e. The van der Waals surface area contributed by atoms with Gasteiger partial charge in [-0.2, -0.15) is 0 Å². The van der Waals surface area contributed by atoms with Gasteiger partial charge in [0.15, 0.2) is 0 Å². The summed E-state index contributed by atoms with van der Waals surface area (Å²) in [5.74, 6) is -0.978. The number of carbonyl (C=O) groups is 2. The minimum absolute atomic E-state index is 0.256. The highest BCUT2D eigenvalue weighted by atomic mass is 16.6. The van der Waals surface area contributed by atoms with Crippen molar-refractivity contribution < 1.29 is 19.4 Å². The molecule has 2 rings (SSSR count). The quantitative estimate of drug-likeness (QED) is 0.856. The van der Waals surface area contributed by atoms with E-state index >= 15 is 0 Å². The number of rotatable bonds is 3. The molecule has 1 amide bonds. The molecule has 0 aliphatic carbocycles. The molecule has 0 aromatic heterocycles. The highest BCUT2D eigenvalue weighted by Crippen LogP contribution is 2.28. The van der Waals surface area contributed by atoms with Gasteiger partial charge in [0.25, 0.3) is 0 Å². The van der Waals surface area contributed by atoms with E-state index in [-0.39, 0.29) is 5.56 Å². The number of hydrogen-bond donors (Lipinski definition) is 2. The fourth-order valence-corrected chi connectivity index (χ4v) is 2.38. The number of carbonyl (C=O) groups excluding carboxylic acids is 1. The van der Waals surface area contributed by atoms with Crippen LogP contribution in [0.2, 0.25) is 0 Å². The Labute approximate surface area is 141 Å². The number of ether oxygens (including phenoxy) is 1. The number of aryl methyl sites for hydroxylation is 1. The summed E-state index contributed by atoms with van der Waals surface area (Å²) in [7, 11) is 0. The highest BCUT2D eigenvalue weighted by Gasteiger charge is 2.17. The third kappa shape index (κ3) is 4.35. The number of amides is 1. The zero-order valence-corrected chi connectivity index (χ0v) is 14.2. The molecule has 0 unspecified atom stereocenters. The van der Waals surface area contributed by atoms with Gasteiger partial charge in [0.1, 0.15) is 5.60 Å². The normalized spacial score (nSPS) is 11.0. The Morgan fingerprint density at radius 1 is 1.08 bits per heavy atom. The summed E-state index contributed by atoms with van der Waals surface area (Å²) < 4.78 is 5.22. The molecule has 0 aliphatic heterocycles. The number of carboxylic acids is 1. The number of carboxylic acid groups (broad SMARTS) is 1. The average molecular weight is 327 g/mol. The number of nitrogens with one attached hydrogen (secondary N) is 1. The van der Waals surface area contributed by atoms with Gasteiger partial charge in [-0.25, -0.2) is 9.59 Å². The zero-order valence-electron chi connectivity index (χ0n) is 14.2. The van der Waals surface area contributed by atoms with Gasteiger partial charge in [-0.3, -0.25) is 5.32 Å². The van der Waals surface area contributed by atoms with Crippen LogP contribution in [0.25, 0.3) is 11.1 Å². The molecule has 5 nitrogen and oxygen atoms in total. The van der Waals surface area contributed by atoms with E-state index < -0.39 is 17.7 Å². The maximum absolute atomic E-state index is 11.9. The molecule has 0 spiro atoms. The van der Waals surface area contributed by atoms with Crippen molar-refractivity contribution in [1.82, 2.24) is 0 Å². The van der Waals surface area contributed by atoms with Crippen molar-refractivity contribution in [2.75, 3.05) is 5.32 Å². The minimum atomic E-state index is -0.978. The average Bonchev–Trinajstić information content (AvgIpc) is 2.44. The minimum Gasteiger partial charge on any atom is -0.478 e. The zero-order chi connectivity index (χ0) is 17.9. The van der Waals surface area contributed by atoms with Crippen molar-refractivity contribution in [3.63, 3.8) is 0 Å². The predicted octanol–water partition coefficient (Wildman–Crippen LogP) is 4.71. The molecule has 24 heavy (non-hydrogen) atoms. The second-order valence-corrected chi connectivity index (χ2v) is 6.51. The van der Waals surface area contributed by atoms with E-state index in [4.69, 9.17) is 4.74 Å². The lowest BCUT2D eigenvalue weighted by Gasteiger charge is -2.20. The Morgan fingerprint density at radius 2 is 1.75 bits per heavy atom. The van der Waals surface area contributed by atoms with Gasteiger partial charge in [-0.15, -0.1) is 0 Å². The van der Waals surface area contributed by atoms with Gasteiger partial charge in [0.05, 0.1) is 5.56 Å². The molecule has 0 saturated carbocycles. The lowest BCUT2D eigenvalue weighted by molar-refractivity contribution is 0.0634. The lowest BCUT2D eigenvalue weighted by atomic mass is 9.96. The monoisotopic (exact) mass is 327 g/mol. The van der Waals surface area contributed by atoms with E-state index in [2.05, 4.69) is 5.32 Å². The topological polar surface area (TPSA) is 75.6 Å². The van der Waals surface area contributed by atoms with Crippen LogP contribution in [0.1, 0.15) is 36.7 Å². The summed E-state index contributed by atoms with van der Waals surface area (Å²) in [4.78, 5) is 23.4. The Balaban J connectivity index is 2.34. The van der Waals surface area contributed by atoms with E-state index in [1.165, 1.54) is 0 Å². The standard InChI is InChI=1S/C19H21NO4/c1-12-7-5-10-15(16(12)17(21)22)13-8-6-9-14(11-13)20-18(23)24-19(2,3)4/h5-11H,1-4H3,(H,20,23)(H,21,22). The van der Waals surface area contributed by atoms with E-state index in [1.54, 1.807) is 58.0 Å². The van der Waals surface area contributed by atoms with Crippen LogP contribution in [0.15, 0.2) is 42.5 Å². The highest BCUT2D eigenvalue weighted by molar-refractivity contribution is 5.98. The van der Waals surface area contributed by atoms with Crippen LogP contribution >= 0.6 is 0 Å². The van der Waals surface area contributed by atoms with Crippen LogP contribution in [0, 0.1) is 6.92 Å². The lowest BCUT2D eigenvalue weighted by Crippen LogP contribution is -2.27. The van der Waals surface area contributed by atoms with Crippen LogP contribution in [-0.2, 0) is 4.74 Å². The van der Waals surface area contributed by atoms with E-state index in [0.29, 0.717) is 22.4 Å². The second kappa shape index (κ2) is 6.74. The van der Waals surface area contributed by atoms with Crippen molar-refractivity contribution in [2.45, 2.75) is 33.3 Å². The SMILES string of the molecule is Cc1cccc(-c2cccc(NC(=O)OC(C)(C)C)c2)c1C(=O)O. The van der Waals surface area contributed by atoms with Gasteiger partial charge >= 0.3 is 12.1 Å². The Morgan fingerprint density at radius 3 is 2.38 bits per heavy atom. The smallest absolute Gasteiger partial charge is 0.412 e. The summed E-state index contributed by atoms with van der Waals surface area (Å²) in [6.07, 6.45) is -0.553. The van der Waals surface area contributed by atoms with Gasteiger partial charge in [-0.05, 0) is 56.5 Å². The van der Waals surface area contributed by atoms with Crippen LogP contribution in [0.3, 0.4) is 0 Å². The molecule has 0 atom stereocenters.